The molecule has 1 N–H and O–H groups in total. The van der Waals surface area contributed by atoms with Crippen molar-refractivity contribution in [2.24, 2.45) is 5.92 Å². The molecule has 1 heterocycles. The molecule has 1 fully saturated rings. The number of amides is 1. The second kappa shape index (κ2) is 6.97. The minimum atomic E-state index is 0.0243. The smallest absolute Gasteiger partial charge is 0.241 e. The van der Waals surface area contributed by atoms with Crippen LogP contribution < -0.4 is 5.32 Å². The van der Waals surface area contributed by atoms with E-state index in [-0.39, 0.29) is 11.9 Å². The summed E-state index contributed by atoms with van der Waals surface area (Å²) in [5, 5.41) is 3.29. The first kappa shape index (κ1) is 14.5. The molecular formula is C13H27N3O. The summed E-state index contributed by atoms with van der Waals surface area (Å²) in [5.41, 5.74) is 0. The van der Waals surface area contributed by atoms with E-state index in [9.17, 15) is 4.79 Å². The minimum Gasteiger partial charge on any atom is -0.327 e. The topological polar surface area (TPSA) is 35.6 Å². The fourth-order valence-corrected chi connectivity index (χ4v) is 2.29. The van der Waals surface area contributed by atoms with Gasteiger partial charge in [0.25, 0.3) is 0 Å². The standard InChI is InChI=1S/C13H27N3O/c1-5-7-15(6-2)8-9-16-10-14-12(11(3)4)13(16)17/h11-12,14H,5-10H2,1-4H3. The van der Waals surface area contributed by atoms with Gasteiger partial charge in [-0.1, -0.05) is 27.7 Å². The quantitative estimate of drug-likeness (QED) is 0.726. The summed E-state index contributed by atoms with van der Waals surface area (Å²) in [6.45, 7) is 13.3. The number of carbonyl (C=O) groups is 1. The summed E-state index contributed by atoms with van der Waals surface area (Å²) in [5.74, 6) is 0.651. The van der Waals surface area contributed by atoms with Crippen LogP contribution in [0.2, 0.25) is 0 Å². The monoisotopic (exact) mass is 241 g/mol. The molecule has 1 aliphatic heterocycles. The molecule has 100 valence electrons. The molecule has 1 atom stereocenters. The van der Waals surface area contributed by atoms with E-state index < -0.39 is 0 Å². The summed E-state index contributed by atoms with van der Waals surface area (Å²) in [6.07, 6.45) is 1.18. The highest BCUT2D eigenvalue weighted by atomic mass is 16.2. The lowest BCUT2D eigenvalue weighted by atomic mass is 10.1. The van der Waals surface area contributed by atoms with Gasteiger partial charge in [0.2, 0.25) is 5.91 Å². The summed E-state index contributed by atoms with van der Waals surface area (Å²) in [6, 6.07) is 0.0243. The van der Waals surface area contributed by atoms with Crippen molar-refractivity contribution in [3.05, 3.63) is 0 Å². The second-order valence-corrected chi connectivity index (χ2v) is 5.12. The number of likely N-dealkylation sites (N-methyl/N-ethyl adjacent to an activating group) is 1. The van der Waals surface area contributed by atoms with Gasteiger partial charge >= 0.3 is 0 Å². The number of nitrogens with one attached hydrogen (secondary N) is 1. The van der Waals surface area contributed by atoms with E-state index in [1.807, 2.05) is 4.90 Å². The van der Waals surface area contributed by atoms with Crippen LogP contribution in [0.4, 0.5) is 0 Å². The Labute approximate surface area is 105 Å². The van der Waals surface area contributed by atoms with Gasteiger partial charge in [0.05, 0.1) is 12.7 Å². The predicted octanol–water partition coefficient (Wildman–Crippen LogP) is 1.13. The van der Waals surface area contributed by atoms with Crippen molar-refractivity contribution in [3.8, 4) is 0 Å². The van der Waals surface area contributed by atoms with Crippen LogP contribution in [0.3, 0.4) is 0 Å². The molecule has 0 radical (unpaired) electrons. The lowest BCUT2D eigenvalue weighted by Crippen LogP contribution is -2.38. The molecule has 0 saturated carbocycles. The van der Waals surface area contributed by atoms with Gasteiger partial charge in [-0.15, -0.1) is 0 Å². The molecule has 17 heavy (non-hydrogen) atoms. The molecule has 1 unspecified atom stereocenters. The highest BCUT2D eigenvalue weighted by molar-refractivity contribution is 5.84. The lowest BCUT2D eigenvalue weighted by Gasteiger charge is -2.23. The molecule has 0 bridgehead atoms. The van der Waals surface area contributed by atoms with Crippen LogP contribution in [0.25, 0.3) is 0 Å². The third kappa shape index (κ3) is 3.96. The van der Waals surface area contributed by atoms with E-state index >= 15 is 0 Å². The number of hydrogen-bond acceptors (Lipinski definition) is 3. The van der Waals surface area contributed by atoms with Gasteiger partial charge in [0.15, 0.2) is 0 Å². The molecule has 0 spiro atoms. The van der Waals surface area contributed by atoms with Gasteiger partial charge < -0.3 is 9.80 Å². The highest BCUT2D eigenvalue weighted by Crippen LogP contribution is 2.11. The lowest BCUT2D eigenvalue weighted by molar-refractivity contribution is -0.129. The molecule has 1 rings (SSSR count). The number of hydrogen-bond donors (Lipinski definition) is 1. The van der Waals surface area contributed by atoms with E-state index in [1.165, 1.54) is 6.42 Å². The molecule has 0 aromatic heterocycles. The highest BCUT2D eigenvalue weighted by Gasteiger charge is 2.32. The maximum atomic E-state index is 12.1. The first-order chi connectivity index (χ1) is 8.10. The van der Waals surface area contributed by atoms with Crippen molar-refractivity contribution < 1.29 is 4.79 Å². The van der Waals surface area contributed by atoms with Crippen LogP contribution in [0.1, 0.15) is 34.1 Å². The molecule has 4 heteroatoms. The van der Waals surface area contributed by atoms with Crippen LogP contribution in [-0.4, -0.2) is 54.6 Å². The Balaban J connectivity index is 2.35. The number of carbonyl (C=O) groups excluding carboxylic acids is 1. The molecular weight excluding hydrogens is 214 g/mol. The number of rotatable bonds is 7. The molecule has 0 aliphatic carbocycles. The van der Waals surface area contributed by atoms with Crippen LogP contribution in [-0.2, 0) is 4.79 Å². The van der Waals surface area contributed by atoms with Crippen molar-refractivity contribution in [1.82, 2.24) is 15.1 Å². The maximum Gasteiger partial charge on any atom is 0.241 e. The third-order valence-electron chi connectivity index (χ3n) is 3.42. The van der Waals surface area contributed by atoms with E-state index in [0.717, 1.165) is 26.2 Å². The van der Waals surface area contributed by atoms with Crippen molar-refractivity contribution in [2.75, 3.05) is 32.8 Å². The third-order valence-corrected chi connectivity index (χ3v) is 3.42. The zero-order valence-electron chi connectivity index (χ0n) is 11.7. The van der Waals surface area contributed by atoms with Crippen molar-refractivity contribution in [1.29, 1.82) is 0 Å². The average molecular weight is 241 g/mol. The summed E-state index contributed by atoms with van der Waals surface area (Å²) < 4.78 is 0. The number of nitrogens with zero attached hydrogens (tertiary/aromatic N) is 2. The van der Waals surface area contributed by atoms with Gasteiger partial charge in [-0.2, -0.15) is 0 Å². The summed E-state index contributed by atoms with van der Waals surface area (Å²) in [7, 11) is 0. The van der Waals surface area contributed by atoms with Crippen molar-refractivity contribution in [2.45, 2.75) is 40.2 Å². The zero-order chi connectivity index (χ0) is 12.8. The van der Waals surface area contributed by atoms with Crippen LogP contribution in [0, 0.1) is 5.92 Å². The minimum absolute atomic E-state index is 0.0243. The average Bonchev–Trinajstić information content (AvgIpc) is 2.66. The first-order valence-electron chi connectivity index (χ1n) is 6.84. The fraction of sp³-hybridized carbons (Fsp3) is 0.923. The normalized spacial score (nSPS) is 20.9. The largest absolute Gasteiger partial charge is 0.327 e. The Bertz CT molecular complexity index is 243. The van der Waals surface area contributed by atoms with Gasteiger partial charge in [-0.3, -0.25) is 10.1 Å². The van der Waals surface area contributed by atoms with Crippen LogP contribution in [0.5, 0.6) is 0 Å². The molecule has 4 nitrogen and oxygen atoms in total. The SMILES string of the molecule is CCCN(CC)CCN1CNC(C(C)C)C1=O. The Morgan fingerprint density at radius 3 is 2.59 bits per heavy atom. The van der Waals surface area contributed by atoms with E-state index in [2.05, 4.69) is 37.9 Å². The molecule has 1 aliphatic rings. The van der Waals surface area contributed by atoms with Crippen molar-refractivity contribution in [3.63, 3.8) is 0 Å². The van der Waals surface area contributed by atoms with Crippen LogP contribution in [0.15, 0.2) is 0 Å². The van der Waals surface area contributed by atoms with Crippen molar-refractivity contribution >= 4 is 5.91 Å². The summed E-state index contributed by atoms with van der Waals surface area (Å²) in [4.78, 5) is 16.4. The van der Waals surface area contributed by atoms with Gasteiger partial charge in [-0.05, 0) is 25.4 Å². The molecule has 0 aromatic carbocycles. The van der Waals surface area contributed by atoms with E-state index in [0.29, 0.717) is 12.6 Å². The first-order valence-corrected chi connectivity index (χ1v) is 6.84. The van der Waals surface area contributed by atoms with Gasteiger partial charge in [0, 0.05) is 13.1 Å². The van der Waals surface area contributed by atoms with E-state index in [4.69, 9.17) is 0 Å². The Morgan fingerprint density at radius 1 is 1.41 bits per heavy atom. The fourth-order valence-electron chi connectivity index (χ4n) is 2.29. The maximum absolute atomic E-state index is 12.1. The van der Waals surface area contributed by atoms with Crippen LogP contribution >= 0.6 is 0 Å². The predicted molar refractivity (Wildman–Crippen MR) is 70.7 cm³/mol. The van der Waals surface area contributed by atoms with E-state index in [1.54, 1.807) is 0 Å². The molecule has 0 aromatic rings. The Kier molecular flexibility index (Phi) is 5.92. The Morgan fingerprint density at radius 2 is 2.12 bits per heavy atom. The molecule has 1 amide bonds. The summed E-state index contributed by atoms with van der Waals surface area (Å²) >= 11 is 0. The zero-order valence-corrected chi connectivity index (χ0v) is 11.7. The van der Waals surface area contributed by atoms with Gasteiger partial charge in [0.1, 0.15) is 0 Å². The Hall–Kier alpha value is -0.610. The molecule has 1 saturated heterocycles. The van der Waals surface area contributed by atoms with Gasteiger partial charge in [-0.25, -0.2) is 0 Å². The second-order valence-electron chi connectivity index (χ2n) is 5.12.